The van der Waals surface area contributed by atoms with E-state index in [-0.39, 0.29) is 0 Å². The number of nitrogens with two attached hydrogens (primary N) is 1. The Balaban J connectivity index is 1.67. The Hall–Kier alpha value is -1.65. The van der Waals surface area contributed by atoms with E-state index >= 15 is 0 Å². The number of hydrogen-bond donors (Lipinski definition) is 2. The first kappa shape index (κ1) is 12.1. The molecule has 0 atom stereocenters. The van der Waals surface area contributed by atoms with Crippen LogP contribution in [-0.4, -0.2) is 11.9 Å². The molecule has 1 aromatic carbocycles. The van der Waals surface area contributed by atoms with Crippen LogP contribution >= 0.6 is 11.3 Å². The first-order valence-electron chi connectivity index (χ1n) is 7.06. The highest BCUT2D eigenvalue weighted by Crippen LogP contribution is 2.31. The van der Waals surface area contributed by atoms with E-state index in [1.807, 2.05) is 0 Å². The lowest BCUT2D eigenvalue weighted by molar-refractivity contribution is 0.688. The SMILES string of the molecule is NC1=Nc2cc(CNC3CC3)ccc2Cc2ccsc21. The maximum atomic E-state index is 6.13. The molecule has 0 bridgehead atoms. The number of amidine groups is 1. The second-order valence-electron chi connectivity index (χ2n) is 5.57. The van der Waals surface area contributed by atoms with Crippen LogP contribution in [0.3, 0.4) is 0 Å². The quantitative estimate of drug-likeness (QED) is 0.910. The van der Waals surface area contributed by atoms with E-state index in [1.165, 1.54) is 29.5 Å². The van der Waals surface area contributed by atoms with Gasteiger partial charge >= 0.3 is 0 Å². The first-order valence-corrected chi connectivity index (χ1v) is 7.93. The Morgan fingerprint density at radius 3 is 3.00 bits per heavy atom. The molecule has 2 aromatic rings. The highest BCUT2D eigenvalue weighted by atomic mass is 32.1. The van der Waals surface area contributed by atoms with Crippen molar-refractivity contribution in [3.8, 4) is 0 Å². The van der Waals surface area contributed by atoms with E-state index in [2.05, 4.69) is 40.0 Å². The first-order chi connectivity index (χ1) is 9.79. The molecule has 0 radical (unpaired) electrons. The largest absolute Gasteiger partial charge is 0.382 e. The molecule has 102 valence electrons. The Kier molecular flexibility index (Phi) is 2.86. The average molecular weight is 283 g/mol. The fraction of sp³-hybridized carbons (Fsp3) is 0.312. The highest BCUT2D eigenvalue weighted by molar-refractivity contribution is 7.12. The molecule has 1 aliphatic carbocycles. The molecule has 3 N–H and O–H groups in total. The van der Waals surface area contributed by atoms with Gasteiger partial charge in [-0.2, -0.15) is 0 Å². The summed E-state index contributed by atoms with van der Waals surface area (Å²) in [6.07, 6.45) is 3.56. The fourth-order valence-corrected chi connectivity index (χ4v) is 3.43. The van der Waals surface area contributed by atoms with Crippen molar-refractivity contribution in [1.29, 1.82) is 0 Å². The number of aliphatic imine (C=N–C) groups is 1. The molecule has 0 unspecified atom stereocenters. The second kappa shape index (κ2) is 4.72. The van der Waals surface area contributed by atoms with Crippen LogP contribution in [0.1, 0.15) is 34.4 Å². The summed E-state index contributed by atoms with van der Waals surface area (Å²) in [5.74, 6) is 0.654. The Morgan fingerprint density at radius 2 is 2.15 bits per heavy atom. The smallest absolute Gasteiger partial charge is 0.141 e. The molecule has 1 aliphatic heterocycles. The lowest BCUT2D eigenvalue weighted by atomic mass is 10.0. The van der Waals surface area contributed by atoms with Crippen LogP contribution in [0.2, 0.25) is 0 Å². The average Bonchev–Trinajstić information content (AvgIpc) is 3.18. The predicted molar refractivity (Wildman–Crippen MR) is 83.8 cm³/mol. The van der Waals surface area contributed by atoms with Gasteiger partial charge in [0.05, 0.1) is 10.6 Å². The van der Waals surface area contributed by atoms with Gasteiger partial charge in [-0.05, 0) is 47.0 Å². The van der Waals surface area contributed by atoms with Crippen molar-refractivity contribution < 1.29 is 0 Å². The molecule has 2 heterocycles. The summed E-state index contributed by atoms with van der Waals surface area (Å²) < 4.78 is 0. The van der Waals surface area contributed by atoms with Crippen LogP contribution in [0.5, 0.6) is 0 Å². The number of fused-ring (bicyclic) bond motifs is 2. The van der Waals surface area contributed by atoms with Gasteiger partial charge in [0, 0.05) is 19.0 Å². The van der Waals surface area contributed by atoms with Crippen molar-refractivity contribution >= 4 is 22.9 Å². The van der Waals surface area contributed by atoms with Crippen molar-refractivity contribution in [2.45, 2.75) is 31.8 Å². The topological polar surface area (TPSA) is 50.4 Å². The number of benzene rings is 1. The van der Waals surface area contributed by atoms with E-state index in [0.29, 0.717) is 5.84 Å². The fourth-order valence-electron chi connectivity index (χ4n) is 2.61. The molecule has 2 aliphatic rings. The van der Waals surface area contributed by atoms with Gasteiger partial charge < -0.3 is 11.1 Å². The third-order valence-corrected chi connectivity index (χ3v) is 4.90. The standard InChI is InChI=1S/C16H17N3S/c17-16-15-12(5-6-20-15)8-11-2-1-10(7-14(11)19-16)9-18-13-3-4-13/h1-2,5-7,13,18H,3-4,8-9H2,(H2,17,19). The van der Waals surface area contributed by atoms with E-state index < -0.39 is 0 Å². The van der Waals surface area contributed by atoms with Crippen LogP contribution in [0.4, 0.5) is 5.69 Å². The molecule has 0 saturated heterocycles. The molecule has 1 saturated carbocycles. The molecule has 1 aromatic heterocycles. The molecule has 0 spiro atoms. The normalized spacial score (nSPS) is 17.1. The molecule has 4 rings (SSSR count). The summed E-state index contributed by atoms with van der Waals surface area (Å²) in [6, 6.07) is 9.46. The molecule has 1 fully saturated rings. The minimum Gasteiger partial charge on any atom is -0.382 e. The van der Waals surface area contributed by atoms with Gasteiger partial charge in [-0.3, -0.25) is 0 Å². The molecule has 3 nitrogen and oxygen atoms in total. The summed E-state index contributed by atoms with van der Waals surface area (Å²) in [4.78, 5) is 5.76. The highest BCUT2D eigenvalue weighted by Gasteiger charge is 2.20. The molecule has 4 heteroatoms. The Morgan fingerprint density at radius 1 is 1.25 bits per heavy atom. The Bertz CT molecular complexity index is 683. The lowest BCUT2D eigenvalue weighted by Gasteiger charge is -2.07. The zero-order valence-electron chi connectivity index (χ0n) is 11.2. The number of nitrogens with one attached hydrogen (secondary N) is 1. The Labute approximate surface area is 122 Å². The predicted octanol–water partition coefficient (Wildman–Crippen LogP) is 2.94. The number of rotatable bonds is 3. The van der Waals surface area contributed by atoms with Crippen molar-refractivity contribution in [1.82, 2.24) is 5.32 Å². The summed E-state index contributed by atoms with van der Waals surface area (Å²) in [7, 11) is 0. The number of nitrogens with zero attached hydrogens (tertiary/aromatic N) is 1. The van der Waals surface area contributed by atoms with Gasteiger partial charge in [-0.15, -0.1) is 11.3 Å². The molecule has 20 heavy (non-hydrogen) atoms. The van der Waals surface area contributed by atoms with Crippen molar-refractivity contribution in [3.05, 3.63) is 51.2 Å². The molecule has 0 amide bonds. The lowest BCUT2D eigenvalue weighted by Crippen LogP contribution is -2.15. The maximum Gasteiger partial charge on any atom is 0.141 e. The van der Waals surface area contributed by atoms with Crippen molar-refractivity contribution in [3.63, 3.8) is 0 Å². The third-order valence-electron chi connectivity index (χ3n) is 3.92. The summed E-state index contributed by atoms with van der Waals surface area (Å²) in [5, 5.41) is 5.63. The summed E-state index contributed by atoms with van der Waals surface area (Å²) in [5.41, 5.74) is 11.0. The summed E-state index contributed by atoms with van der Waals surface area (Å²) >= 11 is 1.68. The third kappa shape index (κ3) is 2.25. The zero-order valence-corrected chi connectivity index (χ0v) is 12.0. The summed E-state index contributed by atoms with van der Waals surface area (Å²) in [6.45, 7) is 0.926. The van der Waals surface area contributed by atoms with Crippen molar-refractivity contribution in [2.24, 2.45) is 10.7 Å². The van der Waals surface area contributed by atoms with Crippen LogP contribution < -0.4 is 11.1 Å². The van der Waals surface area contributed by atoms with Crippen LogP contribution in [-0.2, 0) is 13.0 Å². The van der Waals surface area contributed by atoms with E-state index in [9.17, 15) is 0 Å². The maximum absolute atomic E-state index is 6.13. The zero-order chi connectivity index (χ0) is 13.5. The number of hydrogen-bond acceptors (Lipinski definition) is 4. The van der Waals surface area contributed by atoms with Gasteiger partial charge in [0.25, 0.3) is 0 Å². The van der Waals surface area contributed by atoms with Crippen LogP contribution in [0.15, 0.2) is 34.6 Å². The van der Waals surface area contributed by atoms with E-state index in [1.54, 1.807) is 11.3 Å². The number of thiophene rings is 1. The van der Waals surface area contributed by atoms with E-state index in [4.69, 9.17) is 5.73 Å². The monoisotopic (exact) mass is 283 g/mol. The minimum atomic E-state index is 0.654. The van der Waals surface area contributed by atoms with Gasteiger partial charge in [0.15, 0.2) is 0 Å². The molecular weight excluding hydrogens is 266 g/mol. The van der Waals surface area contributed by atoms with Gasteiger partial charge in [0.2, 0.25) is 0 Å². The van der Waals surface area contributed by atoms with Gasteiger partial charge in [-0.1, -0.05) is 12.1 Å². The van der Waals surface area contributed by atoms with Crippen molar-refractivity contribution in [2.75, 3.05) is 0 Å². The van der Waals surface area contributed by atoms with Crippen LogP contribution in [0, 0.1) is 0 Å². The minimum absolute atomic E-state index is 0.654. The molecular formula is C16H17N3S. The van der Waals surface area contributed by atoms with Gasteiger partial charge in [-0.25, -0.2) is 4.99 Å². The van der Waals surface area contributed by atoms with E-state index in [0.717, 1.165) is 29.6 Å². The van der Waals surface area contributed by atoms with Crippen LogP contribution in [0.25, 0.3) is 0 Å². The van der Waals surface area contributed by atoms with Gasteiger partial charge in [0.1, 0.15) is 5.84 Å². The second-order valence-corrected chi connectivity index (χ2v) is 6.48.